The number of nitrogens with zero attached hydrogens (tertiary/aromatic N) is 6. The number of carbonyl (C=O) groups excluding carboxylic acids is 3. The minimum Gasteiger partial charge on any atom is -0.339 e. The molecule has 36 heavy (non-hydrogen) atoms. The molecule has 11 nitrogen and oxygen atoms in total. The number of nitrogens with one attached hydrogen (secondary N) is 2. The lowest BCUT2D eigenvalue weighted by molar-refractivity contribution is -0.139. The van der Waals surface area contributed by atoms with Gasteiger partial charge in [0.1, 0.15) is 5.54 Å². The summed E-state index contributed by atoms with van der Waals surface area (Å²) in [6.45, 7) is 6.88. The molecule has 190 valence electrons. The Kier molecular flexibility index (Phi) is 6.71. The minimum atomic E-state index is -1.04. The van der Waals surface area contributed by atoms with Gasteiger partial charge < -0.3 is 20.4 Å². The summed E-state index contributed by atoms with van der Waals surface area (Å²) in [7, 11) is 0. The van der Waals surface area contributed by atoms with Crippen LogP contribution in [0.15, 0.2) is 23.6 Å². The third-order valence-corrected chi connectivity index (χ3v) is 7.82. The number of amides is 3. The van der Waals surface area contributed by atoms with Crippen molar-refractivity contribution in [2.24, 2.45) is 0 Å². The summed E-state index contributed by atoms with van der Waals surface area (Å²) in [5.41, 5.74) is 1.03. The van der Waals surface area contributed by atoms with E-state index in [1.807, 2.05) is 29.3 Å². The summed E-state index contributed by atoms with van der Waals surface area (Å²) >= 11 is 1.43. The van der Waals surface area contributed by atoms with E-state index in [9.17, 15) is 14.4 Å². The van der Waals surface area contributed by atoms with Crippen molar-refractivity contribution in [3.63, 3.8) is 0 Å². The summed E-state index contributed by atoms with van der Waals surface area (Å²) in [4.78, 5) is 44.5. The van der Waals surface area contributed by atoms with Gasteiger partial charge in [-0.15, -0.1) is 21.5 Å². The lowest BCUT2D eigenvalue weighted by Gasteiger charge is -2.40. The number of aryl methyl sites for hydroxylation is 2. The van der Waals surface area contributed by atoms with Crippen LogP contribution in [-0.4, -0.2) is 92.1 Å². The van der Waals surface area contributed by atoms with E-state index in [0.717, 1.165) is 5.69 Å². The predicted molar refractivity (Wildman–Crippen MR) is 134 cm³/mol. The molecule has 2 fully saturated rings. The fourth-order valence-corrected chi connectivity index (χ4v) is 5.68. The van der Waals surface area contributed by atoms with Crippen LogP contribution in [0, 0.1) is 13.8 Å². The van der Waals surface area contributed by atoms with Gasteiger partial charge in [0.2, 0.25) is 5.91 Å². The summed E-state index contributed by atoms with van der Waals surface area (Å²) in [5.74, 6) is -0.540. The molecule has 0 spiro atoms. The monoisotopic (exact) mass is 510 g/mol. The van der Waals surface area contributed by atoms with Crippen molar-refractivity contribution in [3.05, 3.63) is 45.5 Å². The third kappa shape index (κ3) is 4.58. The van der Waals surface area contributed by atoms with Crippen LogP contribution >= 0.6 is 11.3 Å². The molecule has 0 radical (unpaired) electrons. The van der Waals surface area contributed by atoms with E-state index in [-0.39, 0.29) is 17.5 Å². The van der Waals surface area contributed by atoms with Crippen molar-refractivity contribution in [3.8, 4) is 0 Å². The molecule has 2 N–H and O–H groups in total. The number of carbonyl (C=O) groups is 3. The van der Waals surface area contributed by atoms with E-state index in [0.29, 0.717) is 74.7 Å². The van der Waals surface area contributed by atoms with Crippen molar-refractivity contribution < 1.29 is 14.4 Å². The smallest absolute Gasteiger partial charge is 0.274 e. The Morgan fingerprint density at radius 2 is 1.81 bits per heavy atom. The number of thiophene rings is 1. The van der Waals surface area contributed by atoms with Crippen molar-refractivity contribution in [1.29, 1.82) is 0 Å². The van der Waals surface area contributed by atoms with Crippen LogP contribution in [0.2, 0.25) is 0 Å². The van der Waals surface area contributed by atoms with Crippen LogP contribution < -0.4 is 10.6 Å². The van der Waals surface area contributed by atoms with Crippen LogP contribution in [0.4, 0.5) is 0 Å². The highest BCUT2D eigenvalue weighted by Crippen LogP contribution is 2.24. The van der Waals surface area contributed by atoms with Gasteiger partial charge in [-0.3, -0.25) is 14.4 Å². The second-order valence-electron chi connectivity index (χ2n) is 9.39. The largest absolute Gasteiger partial charge is 0.339 e. The van der Waals surface area contributed by atoms with E-state index in [4.69, 9.17) is 0 Å². The molecule has 0 unspecified atom stereocenters. The van der Waals surface area contributed by atoms with Gasteiger partial charge in [-0.25, -0.2) is 4.52 Å². The van der Waals surface area contributed by atoms with E-state index < -0.39 is 11.4 Å². The molecule has 0 bridgehead atoms. The Hall–Kier alpha value is -3.38. The van der Waals surface area contributed by atoms with E-state index >= 15 is 0 Å². The number of aromatic nitrogens is 4. The highest BCUT2D eigenvalue weighted by Gasteiger charge is 2.44. The molecule has 5 rings (SSSR count). The number of fused-ring (bicyclic) bond motifs is 1. The van der Waals surface area contributed by atoms with Gasteiger partial charge in [-0.05, 0) is 57.6 Å². The highest BCUT2D eigenvalue weighted by atomic mass is 32.1. The summed E-state index contributed by atoms with van der Waals surface area (Å²) in [6, 6.07) is 5.49. The zero-order valence-electron chi connectivity index (χ0n) is 20.5. The fourth-order valence-electron chi connectivity index (χ4n) is 4.99. The summed E-state index contributed by atoms with van der Waals surface area (Å²) < 4.78 is 1.60. The molecular formula is C24H30N8O3S. The molecule has 3 aromatic heterocycles. The number of piperidine rings is 1. The molecule has 0 aromatic carbocycles. The van der Waals surface area contributed by atoms with Crippen LogP contribution in [-0.2, 0) is 4.79 Å². The normalized spacial score (nSPS) is 18.2. The third-order valence-electron chi connectivity index (χ3n) is 6.96. The van der Waals surface area contributed by atoms with Crippen molar-refractivity contribution in [2.45, 2.75) is 38.6 Å². The Labute approximate surface area is 212 Å². The van der Waals surface area contributed by atoms with Gasteiger partial charge in [-0.1, -0.05) is 6.07 Å². The lowest BCUT2D eigenvalue weighted by Crippen LogP contribution is -2.64. The average molecular weight is 511 g/mol. The van der Waals surface area contributed by atoms with Gasteiger partial charge in [0.25, 0.3) is 11.8 Å². The van der Waals surface area contributed by atoms with Crippen LogP contribution in [0.5, 0.6) is 0 Å². The van der Waals surface area contributed by atoms with Crippen LogP contribution in [0.1, 0.15) is 50.8 Å². The Balaban J connectivity index is 1.34. The minimum absolute atomic E-state index is 0.00230. The molecule has 5 heterocycles. The predicted octanol–water partition coefficient (Wildman–Crippen LogP) is 1.03. The molecule has 2 saturated heterocycles. The molecule has 0 aliphatic carbocycles. The summed E-state index contributed by atoms with van der Waals surface area (Å²) in [6.07, 6.45) is 1.63. The first kappa shape index (κ1) is 24.3. The van der Waals surface area contributed by atoms with Crippen LogP contribution in [0.25, 0.3) is 5.65 Å². The second-order valence-corrected chi connectivity index (χ2v) is 10.3. The van der Waals surface area contributed by atoms with Gasteiger partial charge in [0.05, 0.1) is 16.3 Å². The second kappa shape index (κ2) is 9.94. The molecule has 0 saturated carbocycles. The Morgan fingerprint density at radius 1 is 1.06 bits per heavy atom. The molecule has 2 aliphatic rings. The molecule has 12 heteroatoms. The lowest BCUT2D eigenvalue weighted by atomic mass is 9.86. The maximum Gasteiger partial charge on any atom is 0.274 e. The highest BCUT2D eigenvalue weighted by molar-refractivity contribution is 7.12. The average Bonchev–Trinajstić information content (AvgIpc) is 3.48. The maximum absolute atomic E-state index is 13.9. The number of rotatable bonds is 4. The number of hydrogen-bond donors (Lipinski definition) is 2. The first-order valence-corrected chi connectivity index (χ1v) is 13.1. The number of hydrogen-bond acceptors (Lipinski definition) is 8. The van der Waals surface area contributed by atoms with E-state index in [1.165, 1.54) is 11.3 Å². The van der Waals surface area contributed by atoms with Crippen molar-refractivity contribution in [2.75, 3.05) is 39.3 Å². The Morgan fingerprint density at radius 3 is 2.56 bits per heavy atom. The molecule has 0 atom stereocenters. The zero-order valence-corrected chi connectivity index (χ0v) is 21.3. The van der Waals surface area contributed by atoms with Gasteiger partial charge in [-0.2, -0.15) is 5.10 Å². The SMILES string of the molecule is Cc1cc2nnc(C(=O)NC3(C(=O)N4CCCN(C(=O)c5cccs5)CC4)CCNCC3)c(C)n2n1. The summed E-state index contributed by atoms with van der Waals surface area (Å²) in [5, 5.41) is 20.9. The molecule has 3 amide bonds. The van der Waals surface area contributed by atoms with Crippen molar-refractivity contribution >= 4 is 34.7 Å². The van der Waals surface area contributed by atoms with Crippen LogP contribution in [0.3, 0.4) is 0 Å². The van der Waals surface area contributed by atoms with Gasteiger partial charge >= 0.3 is 0 Å². The van der Waals surface area contributed by atoms with E-state index in [1.54, 1.807) is 22.4 Å². The Bertz CT molecular complexity index is 1280. The standard InChI is InChI=1S/C24H30N8O3S/c1-16-15-19-27-28-20(17(2)32(19)29-16)21(33)26-24(6-8-25-9-7-24)23(35)31-11-4-10-30(12-13-31)22(34)18-5-3-14-36-18/h3,5,14-15,25H,4,6-13H2,1-2H3,(H,26,33). The molecular weight excluding hydrogens is 480 g/mol. The molecule has 2 aliphatic heterocycles. The topological polar surface area (TPSA) is 125 Å². The first-order valence-electron chi connectivity index (χ1n) is 12.2. The van der Waals surface area contributed by atoms with Crippen molar-refractivity contribution in [1.82, 2.24) is 40.2 Å². The van der Waals surface area contributed by atoms with Gasteiger partial charge in [0, 0.05) is 32.2 Å². The first-order chi connectivity index (χ1) is 17.4. The molecule has 3 aromatic rings. The quantitative estimate of drug-likeness (QED) is 0.537. The maximum atomic E-state index is 13.9. The van der Waals surface area contributed by atoms with E-state index in [2.05, 4.69) is 25.9 Å². The van der Waals surface area contributed by atoms with Gasteiger partial charge in [0.15, 0.2) is 11.3 Å². The zero-order chi connectivity index (χ0) is 25.3. The fraction of sp³-hybridized carbons (Fsp3) is 0.500.